The average Bonchev–Trinajstić information content (AvgIpc) is 2.96. The Hall–Kier alpha value is -2.45. The maximum absolute atomic E-state index is 13.2. The van der Waals surface area contributed by atoms with Gasteiger partial charge >= 0.3 is 0 Å². The molecule has 0 radical (unpaired) electrons. The molecule has 0 bridgehead atoms. The Morgan fingerprint density at radius 3 is 1.68 bits per heavy atom. The van der Waals surface area contributed by atoms with E-state index in [2.05, 4.69) is 6.92 Å². The van der Waals surface area contributed by atoms with Crippen molar-refractivity contribution < 1.29 is 13.3 Å². The number of hydrogen-bond acceptors (Lipinski definition) is 5. The van der Waals surface area contributed by atoms with Gasteiger partial charge in [-0.25, -0.2) is 12.7 Å². The van der Waals surface area contributed by atoms with Crippen LogP contribution in [0.25, 0.3) is 0 Å². The number of nitrogens with zero attached hydrogens (tertiary/aromatic N) is 3. The molecule has 41 heavy (non-hydrogen) atoms. The van der Waals surface area contributed by atoms with Gasteiger partial charge in [0.05, 0.1) is 9.82 Å². The Kier molecular flexibility index (Phi) is 16.6. The van der Waals surface area contributed by atoms with E-state index in [9.17, 15) is 18.5 Å². The topological polar surface area (TPSA) is 83.8 Å². The summed E-state index contributed by atoms with van der Waals surface area (Å²) in [6, 6.07) is 13.9. The number of anilines is 1. The Morgan fingerprint density at radius 2 is 1.20 bits per heavy atom. The molecular weight excluding hydrogens is 534 g/mol. The Balaban J connectivity index is 1.68. The molecule has 0 atom stereocenters. The molecule has 0 unspecified atom stereocenters. The fraction of sp³-hybridized carbons (Fsp3) is 0.636. The molecule has 0 N–H and O–H groups in total. The van der Waals surface area contributed by atoms with Crippen molar-refractivity contribution in [3.05, 3.63) is 64.2 Å². The van der Waals surface area contributed by atoms with Gasteiger partial charge in [-0.3, -0.25) is 10.1 Å². The van der Waals surface area contributed by atoms with Crippen LogP contribution in [0.3, 0.4) is 0 Å². The van der Waals surface area contributed by atoms with Crippen LogP contribution >= 0.6 is 0 Å². The summed E-state index contributed by atoms with van der Waals surface area (Å²) < 4.78 is 27.6. The van der Waals surface area contributed by atoms with E-state index in [1.54, 1.807) is 19.0 Å². The first-order valence-electron chi connectivity index (χ1n) is 15.8. The van der Waals surface area contributed by atoms with E-state index < -0.39 is 14.9 Å². The van der Waals surface area contributed by atoms with Gasteiger partial charge in [0.15, 0.2) is 0 Å². The molecule has 0 aliphatic carbocycles. The standard InChI is InChI=1S/C33H53N3O4S/c1-4-5-6-7-8-9-10-11-12-13-14-15-16-17-18-22-27-35(3)41(39,40)31-25-26-32(33(28-31)36(37)38)34(2)29-30-23-20-19-21-24-30/h19-21,23-26,28H,4-18,22,27,29H2,1-3H3. The second-order valence-corrected chi connectivity index (χ2v) is 13.4. The lowest BCUT2D eigenvalue weighted by molar-refractivity contribution is -0.384. The zero-order chi connectivity index (χ0) is 29.9. The molecule has 0 saturated heterocycles. The fourth-order valence-corrected chi connectivity index (χ4v) is 6.49. The first-order valence-corrected chi connectivity index (χ1v) is 17.2. The zero-order valence-electron chi connectivity index (χ0n) is 25.7. The van der Waals surface area contributed by atoms with Gasteiger partial charge in [0.25, 0.3) is 5.69 Å². The third kappa shape index (κ3) is 12.9. The van der Waals surface area contributed by atoms with Crippen LogP contribution in [0.15, 0.2) is 53.4 Å². The quantitative estimate of drug-likeness (QED) is 0.0735. The second kappa shape index (κ2) is 19.6. The fourth-order valence-electron chi connectivity index (χ4n) is 5.26. The Labute approximate surface area is 249 Å². The summed E-state index contributed by atoms with van der Waals surface area (Å²) in [5.41, 5.74) is 1.19. The van der Waals surface area contributed by atoms with Gasteiger partial charge in [-0.2, -0.15) is 0 Å². The van der Waals surface area contributed by atoms with Crippen molar-refractivity contribution in [2.24, 2.45) is 0 Å². The normalized spacial score (nSPS) is 11.7. The molecule has 0 fully saturated rings. The van der Waals surface area contributed by atoms with Gasteiger partial charge in [0.1, 0.15) is 5.69 Å². The molecule has 0 aliphatic heterocycles. The van der Waals surface area contributed by atoms with Crippen molar-refractivity contribution in [1.29, 1.82) is 0 Å². The van der Waals surface area contributed by atoms with Crippen molar-refractivity contribution in [2.45, 2.75) is 121 Å². The smallest absolute Gasteiger partial charge is 0.293 e. The highest BCUT2D eigenvalue weighted by Gasteiger charge is 2.26. The molecule has 0 spiro atoms. The Bertz CT molecular complexity index is 1110. The Morgan fingerprint density at radius 1 is 0.707 bits per heavy atom. The summed E-state index contributed by atoms with van der Waals surface area (Å²) >= 11 is 0. The second-order valence-electron chi connectivity index (χ2n) is 11.4. The lowest BCUT2D eigenvalue weighted by Crippen LogP contribution is -2.28. The number of benzene rings is 2. The van der Waals surface area contributed by atoms with Gasteiger partial charge in [0.2, 0.25) is 10.0 Å². The monoisotopic (exact) mass is 587 g/mol. The molecule has 2 aromatic carbocycles. The number of sulfonamides is 1. The third-order valence-corrected chi connectivity index (χ3v) is 9.70. The molecule has 8 heteroatoms. The van der Waals surface area contributed by atoms with Crippen molar-refractivity contribution in [3.8, 4) is 0 Å². The average molecular weight is 588 g/mol. The van der Waals surface area contributed by atoms with Crippen molar-refractivity contribution in [3.63, 3.8) is 0 Å². The van der Waals surface area contributed by atoms with Crippen LogP contribution in [0, 0.1) is 10.1 Å². The number of hydrogen-bond donors (Lipinski definition) is 0. The molecule has 7 nitrogen and oxygen atoms in total. The predicted molar refractivity (Wildman–Crippen MR) is 171 cm³/mol. The van der Waals surface area contributed by atoms with Crippen molar-refractivity contribution in [1.82, 2.24) is 4.31 Å². The maximum atomic E-state index is 13.2. The molecule has 0 heterocycles. The molecular formula is C33H53N3O4S. The first-order chi connectivity index (χ1) is 19.8. The minimum Gasteiger partial charge on any atom is -0.365 e. The van der Waals surface area contributed by atoms with Gasteiger partial charge in [-0.05, 0) is 24.1 Å². The van der Waals surface area contributed by atoms with E-state index in [0.29, 0.717) is 18.8 Å². The van der Waals surface area contributed by atoms with E-state index in [-0.39, 0.29) is 10.6 Å². The summed E-state index contributed by atoms with van der Waals surface area (Å²) in [7, 11) is -0.479. The zero-order valence-corrected chi connectivity index (χ0v) is 26.5. The van der Waals surface area contributed by atoms with Gasteiger partial charge in [-0.1, -0.05) is 134 Å². The minimum atomic E-state index is -3.81. The van der Waals surface area contributed by atoms with Crippen molar-refractivity contribution >= 4 is 21.4 Å². The lowest BCUT2D eigenvalue weighted by Gasteiger charge is -2.21. The molecule has 230 valence electrons. The molecule has 2 aromatic rings. The van der Waals surface area contributed by atoms with Crippen LogP contribution in [-0.2, 0) is 16.6 Å². The van der Waals surface area contributed by atoms with Gasteiger partial charge in [0, 0.05) is 33.3 Å². The highest BCUT2D eigenvalue weighted by Crippen LogP contribution is 2.32. The van der Waals surface area contributed by atoms with Crippen LogP contribution in [-0.4, -0.2) is 38.3 Å². The highest BCUT2D eigenvalue weighted by molar-refractivity contribution is 7.89. The summed E-state index contributed by atoms with van der Waals surface area (Å²) in [5, 5.41) is 11.8. The molecule has 0 aromatic heterocycles. The number of nitro groups is 1. The number of unbranched alkanes of at least 4 members (excludes halogenated alkanes) is 15. The largest absolute Gasteiger partial charge is 0.365 e. The van der Waals surface area contributed by atoms with E-state index >= 15 is 0 Å². The minimum absolute atomic E-state index is 0.0416. The van der Waals surface area contributed by atoms with E-state index in [4.69, 9.17) is 0 Å². The number of rotatable bonds is 23. The predicted octanol–water partition coefficient (Wildman–Crippen LogP) is 9.11. The van der Waals surface area contributed by atoms with Crippen LogP contribution in [0.4, 0.5) is 11.4 Å². The maximum Gasteiger partial charge on any atom is 0.293 e. The highest BCUT2D eigenvalue weighted by atomic mass is 32.2. The van der Waals surface area contributed by atoms with Crippen LogP contribution < -0.4 is 4.90 Å². The lowest BCUT2D eigenvalue weighted by atomic mass is 10.0. The van der Waals surface area contributed by atoms with Crippen LogP contribution in [0.1, 0.15) is 115 Å². The van der Waals surface area contributed by atoms with Crippen LogP contribution in [0.2, 0.25) is 0 Å². The third-order valence-electron chi connectivity index (χ3n) is 7.85. The molecule has 0 saturated carbocycles. The van der Waals surface area contributed by atoms with Crippen LogP contribution in [0.5, 0.6) is 0 Å². The summed E-state index contributed by atoms with van der Waals surface area (Å²) in [6.07, 6.45) is 20.3. The SMILES string of the molecule is CCCCCCCCCCCCCCCCCCN(C)S(=O)(=O)c1ccc(N(C)Cc2ccccc2)c([N+](=O)[O-])c1. The molecule has 0 amide bonds. The van der Waals surface area contributed by atoms with Gasteiger partial charge in [-0.15, -0.1) is 0 Å². The molecule has 2 rings (SSSR count). The molecule has 0 aliphatic rings. The summed E-state index contributed by atoms with van der Waals surface area (Å²) in [5.74, 6) is 0. The van der Waals surface area contributed by atoms with Gasteiger partial charge < -0.3 is 4.90 Å². The van der Waals surface area contributed by atoms with Crippen molar-refractivity contribution in [2.75, 3.05) is 25.5 Å². The van der Waals surface area contributed by atoms with E-state index in [1.807, 2.05) is 30.3 Å². The summed E-state index contributed by atoms with van der Waals surface area (Å²) in [6.45, 7) is 3.15. The van der Waals surface area contributed by atoms with E-state index in [0.717, 1.165) is 24.8 Å². The first kappa shape index (κ1) is 34.7. The van der Waals surface area contributed by atoms with E-state index in [1.165, 1.54) is 106 Å². The summed E-state index contributed by atoms with van der Waals surface area (Å²) in [4.78, 5) is 13.1. The number of nitro benzene ring substituents is 1.